The van der Waals surface area contributed by atoms with Gasteiger partial charge in [-0.3, -0.25) is 4.79 Å². The average molecular weight is 284 g/mol. The van der Waals surface area contributed by atoms with Crippen molar-refractivity contribution >= 4 is 17.0 Å². The molecule has 106 valence electrons. The number of hydrogen-bond acceptors (Lipinski definition) is 5. The van der Waals surface area contributed by atoms with Crippen molar-refractivity contribution in [2.24, 2.45) is 5.92 Å². The molecule has 0 spiro atoms. The van der Waals surface area contributed by atoms with E-state index in [0.717, 1.165) is 16.9 Å². The topological polar surface area (TPSA) is 105 Å². The number of H-pyrrole nitrogens is 1. The average Bonchev–Trinajstić information content (AvgIpc) is 2.97. The molecule has 7 heteroatoms. The highest BCUT2D eigenvalue weighted by Gasteiger charge is 2.48. The summed E-state index contributed by atoms with van der Waals surface area (Å²) in [6.45, 7) is 0. The van der Waals surface area contributed by atoms with Gasteiger partial charge in [0.2, 0.25) is 5.89 Å². The van der Waals surface area contributed by atoms with Gasteiger partial charge < -0.3 is 14.6 Å². The summed E-state index contributed by atoms with van der Waals surface area (Å²) in [5, 5.41) is 12.8. The molecule has 21 heavy (non-hydrogen) atoms. The van der Waals surface area contributed by atoms with Gasteiger partial charge in [-0.25, -0.2) is 4.98 Å². The SMILES string of the molecule is O=C(O)C1CC1c1nc(Cc2nc3ccccc3[nH]2)no1. The van der Waals surface area contributed by atoms with Gasteiger partial charge in [-0.2, -0.15) is 4.98 Å². The highest BCUT2D eigenvalue weighted by molar-refractivity contribution is 5.75. The molecule has 1 aromatic carbocycles. The standard InChI is InChI=1S/C14H12N4O3/c19-14(20)8-5-7(8)13-17-12(18-21-13)6-11-15-9-3-1-2-4-10(9)16-11/h1-4,7-8H,5-6H2,(H,15,16)(H,19,20). The van der Waals surface area contributed by atoms with Gasteiger partial charge in [0.1, 0.15) is 5.82 Å². The molecule has 0 radical (unpaired) electrons. The molecule has 0 amide bonds. The smallest absolute Gasteiger partial charge is 0.307 e. The third kappa shape index (κ3) is 2.16. The van der Waals surface area contributed by atoms with E-state index in [1.165, 1.54) is 0 Å². The van der Waals surface area contributed by atoms with Gasteiger partial charge >= 0.3 is 5.97 Å². The lowest BCUT2D eigenvalue weighted by molar-refractivity contribution is -0.138. The van der Waals surface area contributed by atoms with Crippen molar-refractivity contribution in [2.75, 3.05) is 0 Å². The number of carboxylic acids is 1. The Morgan fingerprint density at radius 3 is 3.00 bits per heavy atom. The van der Waals surface area contributed by atoms with Crippen molar-refractivity contribution in [3.63, 3.8) is 0 Å². The Labute approximate surface area is 119 Å². The van der Waals surface area contributed by atoms with Crippen LogP contribution in [0.1, 0.15) is 29.9 Å². The molecule has 2 unspecified atom stereocenters. The van der Waals surface area contributed by atoms with Gasteiger partial charge in [0.05, 0.1) is 29.3 Å². The summed E-state index contributed by atoms with van der Waals surface area (Å²) in [5.74, 6) is 0.351. The van der Waals surface area contributed by atoms with Crippen LogP contribution in [0.4, 0.5) is 0 Å². The number of benzene rings is 1. The highest BCUT2D eigenvalue weighted by Crippen LogP contribution is 2.46. The van der Waals surface area contributed by atoms with E-state index in [4.69, 9.17) is 9.63 Å². The fourth-order valence-electron chi connectivity index (χ4n) is 2.47. The molecule has 4 rings (SSSR count). The van der Waals surface area contributed by atoms with E-state index in [1.807, 2.05) is 24.3 Å². The van der Waals surface area contributed by atoms with E-state index in [-0.39, 0.29) is 11.8 Å². The number of aliphatic carboxylic acids is 1. The third-order valence-corrected chi connectivity index (χ3v) is 3.67. The molecule has 1 saturated carbocycles. The maximum atomic E-state index is 10.8. The zero-order valence-corrected chi connectivity index (χ0v) is 11.0. The summed E-state index contributed by atoms with van der Waals surface area (Å²) >= 11 is 0. The maximum absolute atomic E-state index is 10.8. The van der Waals surface area contributed by atoms with E-state index >= 15 is 0 Å². The Kier molecular flexibility index (Phi) is 2.53. The Morgan fingerprint density at radius 1 is 1.38 bits per heavy atom. The van der Waals surface area contributed by atoms with E-state index < -0.39 is 5.97 Å². The Balaban J connectivity index is 1.52. The molecule has 2 atom stereocenters. The lowest BCUT2D eigenvalue weighted by atomic mass is 10.3. The minimum absolute atomic E-state index is 0.139. The Bertz CT molecular complexity index is 789. The fourth-order valence-corrected chi connectivity index (χ4v) is 2.47. The predicted octanol–water partition coefficient (Wildman–Crippen LogP) is 1.72. The number of fused-ring (bicyclic) bond motifs is 1. The van der Waals surface area contributed by atoms with Crippen LogP contribution in [0.25, 0.3) is 11.0 Å². The number of nitrogens with one attached hydrogen (secondary N) is 1. The van der Waals surface area contributed by atoms with Crippen molar-refractivity contribution in [3.05, 3.63) is 41.8 Å². The Morgan fingerprint density at radius 2 is 2.24 bits per heavy atom. The predicted molar refractivity (Wildman–Crippen MR) is 71.7 cm³/mol. The molecule has 1 fully saturated rings. The number of para-hydroxylation sites is 2. The summed E-state index contributed by atoms with van der Waals surface area (Å²) in [6.07, 6.45) is 1.00. The molecule has 2 heterocycles. The van der Waals surface area contributed by atoms with Crippen molar-refractivity contribution in [3.8, 4) is 0 Å². The molecule has 3 aromatic rings. The zero-order valence-electron chi connectivity index (χ0n) is 11.0. The van der Waals surface area contributed by atoms with Crippen molar-refractivity contribution in [1.82, 2.24) is 20.1 Å². The monoisotopic (exact) mass is 284 g/mol. The van der Waals surface area contributed by atoms with Crippen molar-refractivity contribution in [2.45, 2.75) is 18.8 Å². The first-order valence-corrected chi connectivity index (χ1v) is 6.69. The minimum atomic E-state index is -0.808. The molecule has 0 bridgehead atoms. The summed E-state index contributed by atoms with van der Waals surface area (Å²) < 4.78 is 5.15. The summed E-state index contributed by atoms with van der Waals surface area (Å²) in [4.78, 5) is 22.8. The number of carbonyl (C=O) groups is 1. The second kappa shape index (κ2) is 4.41. The maximum Gasteiger partial charge on any atom is 0.307 e. The van der Waals surface area contributed by atoms with E-state index in [0.29, 0.717) is 24.6 Å². The van der Waals surface area contributed by atoms with E-state index in [1.54, 1.807) is 0 Å². The number of hydrogen-bond donors (Lipinski definition) is 2. The van der Waals surface area contributed by atoms with Crippen LogP contribution >= 0.6 is 0 Å². The molecular formula is C14H12N4O3. The van der Waals surface area contributed by atoms with Crippen LogP contribution in [0.2, 0.25) is 0 Å². The zero-order chi connectivity index (χ0) is 14.4. The van der Waals surface area contributed by atoms with Crippen molar-refractivity contribution in [1.29, 1.82) is 0 Å². The van der Waals surface area contributed by atoms with Crippen molar-refractivity contribution < 1.29 is 14.4 Å². The number of aromatic nitrogens is 4. The summed E-state index contributed by atoms with van der Waals surface area (Å²) in [6, 6.07) is 7.75. The van der Waals surface area contributed by atoms with E-state index in [2.05, 4.69) is 20.1 Å². The number of aromatic amines is 1. The molecule has 1 aliphatic carbocycles. The van der Waals surface area contributed by atoms with Gasteiger partial charge in [0.15, 0.2) is 5.82 Å². The molecule has 2 N–H and O–H groups in total. The second-order valence-electron chi connectivity index (χ2n) is 5.21. The lowest BCUT2D eigenvalue weighted by Crippen LogP contribution is -1.99. The molecule has 0 saturated heterocycles. The highest BCUT2D eigenvalue weighted by atomic mass is 16.5. The third-order valence-electron chi connectivity index (χ3n) is 3.67. The quantitative estimate of drug-likeness (QED) is 0.755. The van der Waals surface area contributed by atoms with Crippen LogP contribution in [0.5, 0.6) is 0 Å². The van der Waals surface area contributed by atoms with Gasteiger partial charge in [0, 0.05) is 0 Å². The number of carboxylic acid groups (broad SMARTS) is 1. The van der Waals surface area contributed by atoms with Crippen LogP contribution in [0.15, 0.2) is 28.8 Å². The first kappa shape index (κ1) is 12.1. The first-order valence-electron chi connectivity index (χ1n) is 6.69. The normalized spacial score (nSPS) is 20.8. The largest absolute Gasteiger partial charge is 0.481 e. The molecule has 1 aliphatic rings. The summed E-state index contributed by atoms with van der Waals surface area (Å²) in [7, 11) is 0. The van der Waals surface area contributed by atoms with Gasteiger partial charge in [0.25, 0.3) is 0 Å². The van der Waals surface area contributed by atoms with Crippen LogP contribution < -0.4 is 0 Å². The first-order chi connectivity index (χ1) is 10.2. The summed E-state index contributed by atoms with van der Waals surface area (Å²) in [5.41, 5.74) is 1.86. The van der Waals surface area contributed by atoms with Crippen LogP contribution in [-0.2, 0) is 11.2 Å². The van der Waals surface area contributed by atoms with Crippen LogP contribution in [-0.4, -0.2) is 31.2 Å². The number of nitrogens with zero attached hydrogens (tertiary/aromatic N) is 3. The van der Waals surface area contributed by atoms with E-state index in [9.17, 15) is 4.79 Å². The number of rotatable bonds is 4. The van der Waals surface area contributed by atoms with Crippen LogP contribution in [0.3, 0.4) is 0 Å². The lowest BCUT2D eigenvalue weighted by Gasteiger charge is -1.88. The molecule has 2 aromatic heterocycles. The number of imidazole rings is 1. The molecular weight excluding hydrogens is 272 g/mol. The Hall–Kier alpha value is -2.70. The molecule has 7 nitrogen and oxygen atoms in total. The van der Waals surface area contributed by atoms with Crippen LogP contribution in [0, 0.1) is 5.92 Å². The minimum Gasteiger partial charge on any atom is -0.481 e. The van der Waals surface area contributed by atoms with Gasteiger partial charge in [-0.05, 0) is 18.6 Å². The van der Waals surface area contributed by atoms with Gasteiger partial charge in [-0.1, -0.05) is 17.3 Å². The van der Waals surface area contributed by atoms with Gasteiger partial charge in [-0.15, -0.1) is 0 Å². The molecule has 0 aliphatic heterocycles. The fraction of sp³-hybridized carbons (Fsp3) is 0.286. The second-order valence-corrected chi connectivity index (χ2v) is 5.21.